The molecule has 0 bridgehead atoms. The van der Waals surface area contributed by atoms with E-state index >= 15 is 0 Å². The SMILES string of the molecule is COCCOC(=O)C1=C(C)NC(=S)N[C@H]1c1ccc(Br)cc1F. The zero-order chi connectivity index (χ0) is 17.0. The monoisotopic (exact) mass is 402 g/mol. The van der Waals surface area contributed by atoms with Gasteiger partial charge in [-0.2, -0.15) is 0 Å². The number of rotatable bonds is 5. The molecule has 0 aliphatic carbocycles. The van der Waals surface area contributed by atoms with Crippen molar-refractivity contribution in [2.75, 3.05) is 20.3 Å². The van der Waals surface area contributed by atoms with E-state index in [9.17, 15) is 9.18 Å². The lowest BCUT2D eigenvalue weighted by Gasteiger charge is -2.30. The molecular weight excluding hydrogens is 387 g/mol. The van der Waals surface area contributed by atoms with E-state index in [0.29, 0.717) is 20.8 Å². The topological polar surface area (TPSA) is 59.6 Å². The number of hydrogen-bond donors (Lipinski definition) is 2. The maximum atomic E-state index is 14.3. The van der Waals surface area contributed by atoms with Crippen molar-refractivity contribution in [3.63, 3.8) is 0 Å². The van der Waals surface area contributed by atoms with Crippen LogP contribution in [0.25, 0.3) is 0 Å². The molecule has 2 N–H and O–H groups in total. The lowest BCUT2D eigenvalue weighted by molar-refractivity contribution is -0.140. The van der Waals surface area contributed by atoms with Crippen LogP contribution in [-0.2, 0) is 14.3 Å². The summed E-state index contributed by atoms with van der Waals surface area (Å²) in [6.07, 6.45) is 0. The van der Waals surface area contributed by atoms with Gasteiger partial charge in [-0.3, -0.25) is 0 Å². The number of hydrogen-bond acceptors (Lipinski definition) is 4. The molecule has 1 aliphatic heterocycles. The number of nitrogens with one attached hydrogen (secondary N) is 2. The van der Waals surface area contributed by atoms with Gasteiger partial charge in [0, 0.05) is 22.8 Å². The Labute approximate surface area is 147 Å². The van der Waals surface area contributed by atoms with Crippen molar-refractivity contribution in [3.8, 4) is 0 Å². The molecule has 124 valence electrons. The molecule has 0 unspecified atom stereocenters. The lowest BCUT2D eigenvalue weighted by Crippen LogP contribution is -2.45. The van der Waals surface area contributed by atoms with E-state index in [0.717, 1.165) is 0 Å². The van der Waals surface area contributed by atoms with E-state index in [4.69, 9.17) is 21.7 Å². The van der Waals surface area contributed by atoms with Crippen LogP contribution in [0.1, 0.15) is 18.5 Å². The number of allylic oxidation sites excluding steroid dienone is 1. The molecule has 0 fully saturated rings. The van der Waals surface area contributed by atoms with E-state index in [1.165, 1.54) is 13.2 Å². The standard InChI is InChI=1S/C15H16BrFN2O3S/c1-8-12(14(20)22-6-5-21-2)13(19-15(23)18-8)10-4-3-9(16)7-11(10)17/h3-4,7,13H,5-6H2,1-2H3,(H2,18,19,23)/t13-/m0/s1. The summed E-state index contributed by atoms with van der Waals surface area (Å²) in [7, 11) is 1.51. The van der Waals surface area contributed by atoms with Crippen molar-refractivity contribution in [3.05, 3.63) is 45.3 Å². The summed E-state index contributed by atoms with van der Waals surface area (Å²) in [4.78, 5) is 12.4. The Kier molecular flexibility index (Phi) is 6.09. The lowest BCUT2D eigenvalue weighted by atomic mass is 9.95. The number of ether oxygens (including phenoxy) is 2. The van der Waals surface area contributed by atoms with E-state index in [1.807, 2.05) is 0 Å². The molecular formula is C15H16BrFN2O3S. The van der Waals surface area contributed by atoms with Gasteiger partial charge in [-0.1, -0.05) is 22.0 Å². The predicted octanol–water partition coefficient (Wildman–Crippen LogP) is 2.57. The zero-order valence-electron chi connectivity index (χ0n) is 12.6. The van der Waals surface area contributed by atoms with Crippen LogP contribution in [-0.4, -0.2) is 31.4 Å². The van der Waals surface area contributed by atoms with E-state index in [1.54, 1.807) is 19.1 Å². The van der Waals surface area contributed by atoms with Crippen molar-refractivity contribution in [1.29, 1.82) is 0 Å². The van der Waals surface area contributed by atoms with E-state index < -0.39 is 17.8 Å². The van der Waals surface area contributed by atoms with Crippen LogP contribution in [0.5, 0.6) is 0 Å². The first-order valence-corrected chi connectivity index (χ1v) is 8.03. The fourth-order valence-corrected chi connectivity index (χ4v) is 2.83. The highest BCUT2D eigenvalue weighted by atomic mass is 79.9. The molecule has 8 heteroatoms. The first-order valence-electron chi connectivity index (χ1n) is 6.83. The zero-order valence-corrected chi connectivity index (χ0v) is 15.0. The Morgan fingerprint density at radius 2 is 2.17 bits per heavy atom. The maximum Gasteiger partial charge on any atom is 0.338 e. The van der Waals surface area contributed by atoms with Crippen LogP contribution >= 0.6 is 28.1 Å². The first kappa shape index (κ1) is 17.8. The molecule has 1 aromatic rings. The third-order valence-corrected chi connectivity index (χ3v) is 4.00. The quantitative estimate of drug-likeness (QED) is 0.448. The highest BCUT2D eigenvalue weighted by molar-refractivity contribution is 9.10. The minimum atomic E-state index is -0.716. The van der Waals surface area contributed by atoms with Crippen LogP contribution in [0.2, 0.25) is 0 Å². The number of methoxy groups -OCH3 is 1. The largest absolute Gasteiger partial charge is 0.460 e. The molecule has 0 radical (unpaired) electrons. The predicted molar refractivity (Wildman–Crippen MR) is 91.2 cm³/mol. The van der Waals surface area contributed by atoms with E-state index in [2.05, 4.69) is 26.6 Å². The van der Waals surface area contributed by atoms with Crippen molar-refractivity contribution >= 4 is 39.2 Å². The Bertz CT molecular complexity index is 666. The molecule has 0 saturated carbocycles. The van der Waals surface area contributed by atoms with Gasteiger partial charge in [0.15, 0.2) is 5.11 Å². The first-order chi connectivity index (χ1) is 10.9. The molecule has 0 aromatic heterocycles. The second kappa shape index (κ2) is 7.85. The minimum Gasteiger partial charge on any atom is -0.460 e. The van der Waals surface area contributed by atoms with Crippen LogP contribution < -0.4 is 10.6 Å². The normalized spacial score (nSPS) is 17.6. The summed E-state index contributed by atoms with van der Waals surface area (Å²) in [5.74, 6) is -0.995. The molecule has 5 nitrogen and oxygen atoms in total. The second-order valence-corrected chi connectivity index (χ2v) is 6.19. The van der Waals surface area contributed by atoms with Gasteiger partial charge in [0.25, 0.3) is 0 Å². The van der Waals surface area contributed by atoms with Gasteiger partial charge in [0.2, 0.25) is 0 Å². The molecule has 1 aliphatic rings. The smallest absolute Gasteiger partial charge is 0.338 e. The highest BCUT2D eigenvalue weighted by Crippen LogP contribution is 2.30. The van der Waals surface area contributed by atoms with Crippen LogP contribution in [0, 0.1) is 5.82 Å². The Hall–Kier alpha value is -1.51. The molecule has 0 saturated heterocycles. The Morgan fingerprint density at radius 3 is 2.83 bits per heavy atom. The fraction of sp³-hybridized carbons (Fsp3) is 0.333. The summed E-state index contributed by atoms with van der Waals surface area (Å²) >= 11 is 8.33. The molecule has 1 aromatic carbocycles. The molecule has 23 heavy (non-hydrogen) atoms. The van der Waals surface area contributed by atoms with Gasteiger partial charge in [-0.15, -0.1) is 0 Å². The van der Waals surface area contributed by atoms with Crippen LogP contribution in [0.4, 0.5) is 4.39 Å². The minimum absolute atomic E-state index is 0.117. The number of benzene rings is 1. The molecule has 2 rings (SSSR count). The van der Waals surface area contributed by atoms with Crippen molar-refractivity contribution < 1.29 is 18.7 Å². The summed E-state index contributed by atoms with van der Waals surface area (Å²) in [5, 5.41) is 6.11. The third-order valence-electron chi connectivity index (χ3n) is 3.28. The number of carbonyl (C=O) groups is 1. The molecule has 1 heterocycles. The van der Waals surface area contributed by atoms with Gasteiger partial charge in [-0.05, 0) is 31.3 Å². The van der Waals surface area contributed by atoms with Crippen molar-refractivity contribution in [1.82, 2.24) is 10.6 Å². The van der Waals surface area contributed by atoms with Gasteiger partial charge >= 0.3 is 5.97 Å². The highest BCUT2D eigenvalue weighted by Gasteiger charge is 2.32. The van der Waals surface area contributed by atoms with E-state index in [-0.39, 0.29) is 18.8 Å². The molecule has 0 amide bonds. The average Bonchev–Trinajstić information content (AvgIpc) is 2.46. The average molecular weight is 403 g/mol. The van der Waals surface area contributed by atoms with Gasteiger partial charge < -0.3 is 20.1 Å². The Balaban J connectivity index is 2.36. The van der Waals surface area contributed by atoms with Crippen molar-refractivity contribution in [2.45, 2.75) is 13.0 Å². The second-order valence-electron chi connectivity index (χ2n) is 4.86. The number of thiocarbonyl (C=S) groups is 1. The number of esters is 1. The summed E-state index contributed by atoms with van der Waals surface area (Å²) in [6.45, 7) is 2.10. The Morgan fingerprint density at radius 1 is 1.43 bits per heavy atom. The number of halogens is 2. The van der Waals surface area contributed by atoms with Gasteiger partial charge in [0.05, 0.1) is 18.2 Å². The molecule has 0 spiro atoms. The van der Waals surface area contributed by atoms with Gasteiger partial charge in [-0.25, -0.2) is 9.18 Å². The van der Waals surface area contributed by atoms with Crippen molar-refractivity contribution in [2.24, 2.45) is 0 Å². The number of carbonyl (C=O) groups excluding carboxylic acids is 1. The fourth-order valence-electron chi connectivity index (χ4n) is 2.23. The molecule has 1 atom stereocenters. The van der Waals surface area contributed by atoms with Crippen LogP contribution in [0.15, 0.2) is 33.9 Å². The van der Waals surface area contributed by atoms with Crippen LogP contribution in [0.3, 0.4) is 0 Å². The summed E-state index contributed by atoms with van der Waals surface area (Å²) < 4.78 is 24.9. The maximum absolute atomic E-state index is 14.3. The summed E-state index contributed by atoms with van der Waals surface area (Å²) in [5.41, 5.74) is 1.13. The summed E-state index contributed by atoms with van der Waals surface area (Å²) in [6, 6.07) is 3.92. The third kappa shape index (κ3) is 4.27. The van der Waals surface area contributed by atoms with Gasteiger partial charge in [0.1, 0.15) is 12.4 Å².